The monoisotopic (exact) mass is 1090 g/mol. The number of anilines is 3. The van der Waals surface area contributed by atoms with E-state index in [0.717, 1.165) is 28.6 Å². The molecule has 0 aromatic heterocycles. The fraction of sp³-hybridized carbons (Fsp3) is 0.175. The second-order valence-electron chi connectivity index (χ2n) is 24.2. The van der Waals surface area contributed by atoms with Gasteiger partial charge in [-0.1, -0.05) is 244 Å². The first-order chi connectivity index (χ1) is 41.1. The van der Waals surface area contributed by atoms with Gasteiger partial charge in [-0.05, 0) is 176 Å². The van der Waals surface area contributed by atoms with Crippen LogP contribution in [0.5, 0.6) is 11.5 Å². The minimum Gasteiger partial charge on any atom is -0.457 e. The summed E-state index contributed by atoms with van der Waals surface area (Å²) in [6.45, 7) is 0. The fourth-order valence-corrected chi connectivity index (χ4v) is 17.5. The molecule has 6 aliphatic rings. The molecule has 11 aromatic rings. The predicted molar refractivity (Wildman–Crippen MR) is 342 cm³/mol. The van der Waals surface area contributed by atoms with Crippen molar-refractivity contribution in [3.8, 4) is 56.0 Å². The molecule has 3 heteroatoms. The van der Waals surface area contributed by atoms with E-state index >= 15 is 0 Å². The van der Waals surface area contributed by atoms with Gasteiger partial charge in [-0.2, -0.15) is 0 Å². The normalized spacial score (nSPS) is 16.6. The summed E-state index contributed by atoms with van der Waals surface area (Å²) in [4.78, 5) is 5.21. The molecular formula is C80H63NOS. The molecule has 2 saturated carbocycles. The van der Waals surface area contributed by atoms with E-state index in [-0.39, 0.29) is 0 Å². The molecular weight excluding hydrogens is 1020 g/mol. The van der Waals surface area contributed by atoms with Gasteiger partial charge in [0.15, 0.2) is 0 Å². The van der Waals surface area contributed by atoms with E-state index in [2.05, 4.69) is 254 Å². The molecule has 4 aliphatic carbocycles. The van der Waals surface area contributed by atoms with E-state index in [1.165, 1.54) is 174 Å². The first-order valence-electron chi connectivity index (χ1n) is 30.5. The zero-order valence-electron chi connectivity index (χ0n) is 46.7. The van der Waals surface area contributed by atoms with Gasteiger partial charge in [-0.25, -0.2) is 0 Å². The maximum absolute atomic E-state index is 7.26. The Hall–Kier alpha value is -8.63. The molecule has 0 bridgehead atoms. The Bertz CT molecular complexity index is 4260. The zero-order valence-corrected chi connectivity index (χ0v) is 47.5. The molecule has 11 aromatic carbocycles. The quantitative estimate of drug-likeness (QED) is 0.158. The molecule has 2 heterocycles. The maximum atomic E-state index is 7.26. The first kappa shape index (κ1) is 49.0. The van der Waals surface area contributed by atoms with Gasteiger partial charge in [0.1, 0.15) is 11.5 Å². The lowest BCUT2D eigenvalue weighted by atomic mass is 9.64. The number of fused-ring (bicyclic) bond motifs is 18. The van der Waals surface area contributed by atoms with Crippen LogP contribution in [-0.4, -0.2) is 0 Å². The minimum atomic E-state index is -0.643. The lowest BCUT2D eigenvalue weighted by Gasteiger charge is -2.41. The van der Waals surface area contributed by atoms with E-state index in [1.54, 1.807) is 0 Å². The van der Waals surface area contributed by atoms with Crippen LogP contribution in [0.4, 0.5) is 17.1 Å². The third-order valence-corrected chi connectivity index (χ3v) is 21.2. The van der Waals surface area contributed by atoms with Gasteiger partial charge in [0.25, 0.3) is 0 Å². The summed E-state index contributed by atoms with van der Waals surface area (Å²) in [7, 11) is 0. The molecule has 83 heavy (non-hydrogen) atoms. The van der Waals surface area contributed by atoms with Crippen molar-refractivity contribution in [3.63, 3.8) is 0 Å². The van der Waals surface area contributed by atoms with Gasteiger partial charge in [0.2, 0.25) is 0 Å². The molecule has 0 N–H and O–H groups in total. The lowest BCUT2D eigenvalue weighted by Crippen LogP contribution is -2.33. The van der Waals surface area contributed by atoms with E-state index < -0.39 is 10.8 Å². The van der Waals surface area contributed by atoms with Crippen LogP contribution in [0, 0.1) is 0 Å². The number of benzene rings is 11. The number of rotatable bonds is 7. The van der Waals surface area contributed by atoms with E-state index in [9.17, 15) is 0 Å². The van der Waals surface area contributed by atoms with Crippen LogP contribution < -0.4 is 9.64 Å². The zero-order chi connectivity index (χ0) is 54.6. The summed E-state index contributed by atoms with van der Waals surface area (Å²) in [6.07, 6.45) is 12.7. The van der Waals surface area contributed by atoms with Gasteiger partial charge >= 0.3 is 0 Å². The summed E-state index contributed by atoms with van der Waals surface area (Å²) in [5.74, 6) is 3.00. The number of ether oxygens (including phenoxy) is 1. The highest BCUT2D eigenvalue weighted by molar-refractivity contribution is 7.99. The number of hydrogen-bond acceptors (Lipinski definition) is 3. The molecule has 2 nitrogen and oxygen atoms in total. The third kappa shape index (κ3) is 7.42. The summed E-state index contributed by atoms with van der Waals surface area (Å²) >= 11 is 1.90. The smallest absolute Gasteiger partial charge is 0.132 e. The average Bonchev–Trinajstić information content (AvgIpc) is 1.65. The van der Waals surface area contributed by atoms with Crippen LogP contribution in [0.25, 0.3) is 44.5 Å². The van der Waals surface area contributed by atoms with Gasteiger partial charge in [-0.3, -0.25) is 0 Å². The van der Waals surface area contributed by atoms with Crippen LogP contribution in [0.3, 0.4) is 0 Å². The average molecular weight is 1090 g/mol. The van der Waals surface area contributed by atoms with Crippen molar-refractivity contribution >= 4 is 28.8 Å². The Morgan fingerprint density at radius 1 is 0.313 bits per heavy atom. The van der Waals surface area contributed by atoms with Crippen LogP contribution in [0.2, 0.25) is 0 Å². The van der Waals surface area contributed by atoms with E-state index in [4.69, 9.17) is 4.74 Å². The minimum absolute atomic E-state index is 0.535. The Labute approximate surface area is 492 Å². The van der Waals surface area contributed by atoms with Crippen LogP contribution in [-0.2, 0) is 10.8 Å². The maximum Gasteiger partial charge on any atom is 0.132 e. The number of para-hydroxylation sites is 1. The second-order valence-corrected chi connectivity index (χ2v) is 25.3. The molecule has 2 aliphatic heterocycles. The standard InChI is InChI=1S/C80H63NOS/c1-4-20-52(21-5-1)55-36-38-56(39-37-55)61-26-12-17-33-74(61)81(59-42-44-64-62-27-10-13-29-66(62)79(70(64)50-59)68-31-15-18-34-77(68)83-78-35-19-16-32-69(78)79)60-43-45-65-63-28-11-14-30-67(63)80(71(65)51-60)72-48-57(53-22-6-2-7-23-53)40-46-75(72)82-76-47-41-58(49-73(76)80)54-24-8-3-9-25-54/h1,4-5,10-21,26-51,53-54H,2-3,6-9,22-25H2. The highest BCUT2D eigenvalue weighted by Crippen LogP contribution is 2.66. The van der Waals surface area contributed by atoms with Gasteiger partial charge < -0.3 is 9.64 Å². The van der Waals surface area contributed by atoms with E-state index in [1.807, 2.05) is 11.8 Å². The largest absolute Gasteiger partial charge is 0.457 e. The SMILES string of the molecule is c1ccc(-c2ccc(-c3ccccc3N(c3ccc4c(c3)C3(c5cc(C6CCCCC6)ccc5Oc5ccc(C6CCCCC6)cc53)c3ccccc3-4)c3ccc4c(c3)C3(c5ccccc5Sc5ccccc53)c3ccccc3-4)cc2)cc1. The highest BCUT2D eigenvalue weighted by atomic mass is 32.2. The number of hydrogen-bond donors (Lipinski definition) is 0. The summed E-state index contributed by atoms with van der Waals surface area (Å²) in [5, 5.41) is 0. The Kier molecular flexibility index (Phi) is 11.5. The summed E-state index contributed by atoms with van der Waals surface area (Å²) in [5.41, 5.74) is 25.5. The molecule has 0 radical (unpaired) electrons. The molecule has 400 valence electrons. The fourth-order valence-electron chi connectivity index (χ4n) is 16.3. The second kappa shape index (κ2) is 19.5. The van der Waals surface area contributed by atoms with Crippen LogP contribution in [0.1, 0.15) is 132 Å². The highest BCUT2D eigenvalue weighted by Gasteiger charge is 2.53. The van der Waals surface area contributed by atoms with Crippen molar-refractivity contribution in [1.82, 2.24) is 0 Å². The molecule has 0 saturated heterocycles. The van der Waals surface area contributed by atoms with Gasteiger partial charge in [-0.15, -0.1) is 0 Å². The Morgan fingerprint density at radius 3 is 1.28 bits per heavy atom. The van der Waals surface area contributed by atoms with Crippen molar-refractivity contribution in [2.24, 2.45) is 0 Å². The van der Waals surface area contributed by atoms with Gasteiger partial charge in [0.05, 0.1) is 16.5 Å². The van der Waals surface area contributed by atoms with Gasteiger partial charge in [0, 0.05) is 37.9 Å². The Balaban J connectivity index is 0.935. The topological polar surface area (TPSA) is 12.5 Å². The molecule has 0 amide bonds. The van der Waals surface area contributed by atoms with Crippen molar-refractivity contribution in [2.75, 3.05) is 4.90 Å². The third-order valence-electron chi connectivity index (χ3n) is 20.0. The first-order valence-corrected chi connectivity index (χ1v) is 31.3. The lowest BCUT2D eigenvalue weighted by molar-refractivity contribution is 0.424. The summed E-state index contributed by atoms with van der Waals surface area (Å²) in [6, 6.07) is 95.5. The van der Waals surface area contributed by atoms with Crippen LogP contribution >= 0.6 is 11.8 Å². The number of nitrogens with zero attached hydrogens (tertiary/aromatic N) is 1. The molecule has 2 fully saturated rings. The summed E-state index contributed by atoms with van der Waals surface area (Å²) < 4.78 is 7.26. The van der Waals surface area contributed by atoms with E-state index in [0.29, 0.717) is 11.8 Å². The predicted octanol–water partition coefficient (Wildman–Crippen LogP) is 21.9. The molecule has 2 spiro atoms. The Morgan fingerprint density at radius 2 is 0.735 bits per heavy atom. The van der Waals surface area contributed by atoms with Crippen molar-refractivity contribution < 1.29 is 4.74 Å². The van der Waals surface area contributed by atoms with Crippen LogP contribution in [0.15, 0.2) is 259 Å². The van der Waals surface area contributed by atoms with Crippen molar-refractivity contribution in [2.45, 2.75) is 96.7 Å². The molecule has 17 rings (SSSR count). The molecule has 0 atom stereocenters. The van der Waals surface area contributed by atoms with Crippen molar-refractivity contribution in [1.29, 1.82) is 0 Å². The molecule has 0 unspecified atom stereocenters. The van der Waals surface area contributed by atoms with Crippen molar-refractivity contribution in [3.05, 3.63) is 304 Å².